The highest BCUT2D eigenvalue weighted by Crippen LogP contribution is 2.40. The molecule has 2 N–H and O–H groups in total. The summed E-state index contributed by atoms with van der Waals surface area (Å²) >= 11 is 0. The van der Waals surface area contributed by atoms with Crippen molar-refractivity contribution in [2.75, 3.05) is 32.9 Å². The molecule has 2 aliphatic rings. The molecule has 8 nitrogen and oxygen atoms in total. The second kappa shape index (κ2) is 12.8. The summed E-state index contributed by atoms with van der Waals surface area (Å²) in [5.41, 5.74) is 0.308. The minimum absolute atomic E-state index is 0. The first kappa shape index (κ1) is 25.3. The molecular formula is C21H39IN6O2. The standard InChI is InChI=1S/C21H38N6O2.HI/c1-4-28-13-11-21(9-5-6-10-21)16-24-20(22-14-18-8-7-12-29-18)23-15-19-26-25-17(2)27(19)3;/h18H,4-16H2,1-3H3,(H2,22,23,24);1H. The van der Waals surface area contributed by atoms with Crippen molar-refractivity contribution in [2.24, 2.45) is 17.5 Å². The number of aryl methyl sites for hydroxylation is 1. The average molecular weight is 534 g/mol. The van der Waals surface area contributed by atoms with Gasteiger partial charge in [0.25, 0.3) is 0 Å². The van der Waals surface area contributed by atoms with E-state index in [1.54, 1.807) is 0 Å². The van der Waals surface area contributed by atoms with Gasteiger partial charge in [-0.3, -0.25) is 0 Å². The van der Waals surface area contributed by atoms with E-state index in [-0.39, 0.29) is 30.1 Å². The van der Waals surface area contributed by atoms with Crippen LogP contribution >= 0.6 is 24.0 Å². The Labute approximate surface area is 198 Å². The summed E-state index contributed by atoms with van der Waals surface area (Å²) in [5, 5.41) is 15.5. The third-order valence-electron chi connectivity index (χ3n) is 6.36. The lowest BCUT2D eigenvalue weighted by atomic mass is 9.83. The molecule has 1 aromatic rings. The molecule has 1 saturated heterocycles. The summed E-state index contributed by atoms with van der Waals surface area (Å²) in [4.78, 5) is 4.80. The SMILES string of the molecule is CCOCCC1(CNC(=NCc2nnc(C)n2C)NCC2CCCO2)CCCC1.I. The van der Waals surface area contributed by atoms with Crippen LogP contribution in [0.4, 0.5) is 0 Å². The maximum Gasteiger partial charge on any atom is 0.191 e. The van der Waals surface area contributed by atoms with E-state index in [2.05, 4.69) is 27.8 Å². The fourth-order valence-electron chi connectivity index (χ4n) is 4.27. The first-order chi connectivity index (χ1) is 14.1. The van der Waals surface area contributed by atoms with Crippen LogP contribution in [0.2, 0.25) is 0 Å². The van der Waals surface area contributed by atoms with Crippen LogP contribution in [0, 0.1) is 12.3 Å². The minimum atomic E-state index is 0. The molecular weight excluding hydrogens is 495 g/mol. The van der Waals surface area contributed by atoms with E-state index in [9.17, 15) is 0 Å². The number of hydrogen-bond donors (Lipinski definition) is 2. The smallest absolute Gasteiger partial charge is 0.191 e. The zero-order valence-corrected chi connectivity index (χ0v) is 21.1. The summed E-state index contributed by atoms with van der Waals surface area (Å²) in [5.74, 6) is 2.61. The fourth-order valence-corrected chi connectivity index (χ4v) is 4.27. The molecule has 3 rings (SSSR count). The van der Waals surface area contributed by atoms with Gasteiger partial charge in [-0.2, -0.15) is 0 Å². The lowest BCUT2D eigenvalue weighted by Crippen LogP contribution is -2.45. The summed E-state index contributed by atoms with van der Waals surface area (Å²) < 4.78 is 13.4. The van der Waals surface area contributed by atoms with Gasteiger partial charge < -0.3 is 24.7 Å². The van der Waals surface area contributed by atoms with Crippen LogP contribution in [0.5, 0.6) is 0 Å². The maximum atomic E-state index is 5.76. The van der Waals surface area contributed by atoms with E-state index >= 15 is 0 Å². The van der Waals surface area contributed by atoms with Gasteiger partial charge >= 0.3 is 0 Å². The molecule has 2 heterocycles. The highest BCUT2D eigenvalue weighted by Gasteiger charge is 2.33. The molecule has 0 spiro atoms. The second-order valence-electron chi connectivity index (χ2n) is 8.41. The molecule has 1 atom stereocenters. The molecule has 0 amide bonds. The largest absolute Gasteiger partial charge is 0.382 e. The number of nitrogens with zero attached hydrogens (tertiary/aromatic N) is 4. The van der Waals surface area contributed by atoms with Crippen molar-refractivity contribution < 1.29 is 9.47 Å². The van der Waals surface area contributed by atoms with Crippen LogP contribution in [-0.4, -0.2) is 59.7 Å². The normalized spacial score (nSPS) is 20.9. The highest BCUT2D eigenvalue weighted by atomic mass is 127. The molecule has 30 heavy (non-hydrogen) atoms. The highest BCUT2D eigenvalue weighted by molar-refractivity contribution is 14.0. The molecule has 1 aliphatic carbocycles. The number of rotatable bonds is 10. The number of halogens is 1. The van der Waals surface area contributed by atoms with E-state index in [4.69, 9.17) is 14.5 Å². The fraction of sp³-hybridized carbons (Fsp3) is 0.857. The zero-order valence-electron chi connectivity index (χ0n) is 18.8. The first-order valence-electron chi connectivity index (χ1n) is 11.2. The van der Waals surface area contributed by atoms with Gasteiger partial charge in [0.05, 0.1) is 6.10 Å². The van der Waals surface area contributed by atoms with E-state index in [1.807, 2.05) is 18.5 Å². The average Bonchev–Trinajstić information content (AvgIpc) is 3.46. The maximum absolute atomic E-state index is 5.76. The van der Waals surface area contributed by atoms with Crippen molar-refractivity contribution >= 4 is 29.9 Å². The number of nitrogens with one attached hydrogen (secondary N) is 2. The van der Waals surface area contributed by atoms with Gasteiger partial charge in [0, 0.05) is 40.0 Å². The van der Waals surface area contributed by atoms with E-state index in [0.29, 0.717) is 12.0 Å². The van der Waals surface area contributed by atoms with Crippen LogP contribution in [0.1, 0.15) is 63.5 Å². The first-order valence-corrected chi connectivity index (χ1v) is 11.2. The van der Waals surface area contributed by atoms with Gasteiger partial charge in [-0.05, 0) is 51.4 Å². The Morgan fingerprint density at radius 3 is 2.70 bits per heavy atom. The molecule has 1 aliphatic heterocycles. The van der Waals surface area contributed by atoms with E-state index < -0.39 is 0 Å². The van der Waals surface area contributed by atoms with Crippen molar-refractivity contribution in [1.29, 1.82) is 0 Å². The second-order valence-corrected chi connectivity index (χ2v) is 8.41. The van der Waals surface area contributed by atoms with Gasteiger partial charge in [-0.15, -0.1) is 34.2 Å². The number of aromatic nitrogens is 3. The van der Waals surface area contributed by atoms with Crippen molar-refractivity contribution in [2.45, 2.75) is 71.4 Å². The van der Waals surface area contributed by atoms with E-state index in [1.165, 1.54) is 25.7 Å². The Morgan fingerprint density at radius 1 is 1.27 bits per heavy atom. The van der Waals surface area contributed by atoms with Crippen LogP contribution in [0.25, 0.3) is 0 Å². The minimum Gasteiger partial charge on any atom is -0.382 e. The van der Waals surface area contributed by atoms with Crippen LogP contribution < -0.4 is 10.6 Å². The quantitative estimate of drug-likeness (QED) is 0.208. The van der Waals surface area contributed by atoms with Crippen LogP contribution in [0.15, 0.2) is 4.99 Å². The monoisotopic (exact) mass is 534 g/mol. The predicted octanol–water partition coefficient (Wildman–Crippen LogP) is 2.94. The van der Waals surface area contributed by atoms with Gasteiger partial charge in [-0.25, -0.2) is 4.99 Å². The molecule has 9 heteroatoms. The molecule has 1 saturated carbocycles. The van der Waals surface area contributed by atoms with Crippen molar-refractivity contribution in [3.05, 3.63) is 11.6 Å². The number of ether oxygens (including phenoxy) is 2. The number of hydrogen-bond acceptors (Lipinski definition) is 5. The molecule has 172 valence electrons. The van der Waals surface area contributed by atoms with E-state index in [0.717, 1.165) is 69.8 Å². The number of guanidine groups is 1. The Balaban J connectivity index is 0.00000320. The van der Waals surface area contributed by atoms with Gasteiger partial charge in [-0.1, -0.05) is 12.8 Å². The Hall–Kier alpha value is -0.940. The lowest BCUT2D eigenvalue weighted by molar-refractivity contribution is 0.104. The van der Waals surface area contributed by atoms with Gasteiger partial charge in [0.15, 0.2) is 11.8 Å². The summed E-state index contributed by atoms with van der Waals surface area (Å²) in [7, 11) is 1.98. The lowest BCUT2D eigenvalue weighted by Gasteiger charge is -2.30. The third-order valence-corrected chi connectivity index (χ3v) is 6.36. The molecule has 0 radical (unpaired) electrons. The molecule has 2 fully saturated rings. The van der Waals surface area contributed by atoms with Crippen molar-refractivity contribution in [3.8, 4) is 0 Å². The van der Waals surface area contributed by atoms with Crippen molar-refractivity contribution in [1.82, 2.24) is 25.4 Å². The topological polar surface area (TPSA) is 85.6 Å². The molecule has 1 aromatic heterocycles. The summed E-state index contributed by atoms with van der Waals surface area (Å²) in [6.07, 6.45) is 8.77. The van der Waals surface area contributed by atoms with Crippen LogP contribution in [-0.2, 0) is 23.1 Å². The summed E-state index contributed by atoms with van der Waals surface area (Å²) in [6, 6.07) is 0. The number of aliphatic imine (C=N–C) groups is 1. The van der Waals surface area contributed by atoms with Gasteiger partial charge in [0.2, 0.25) is 0 Å². The molecule has 0 bridgehead atoms. The third kappa shape index (κ3) is 7.33. The van der Waals surface area contributed by atoms with Gasteiger partial charge in [0.1, 0.15) is 12.4 Å². The molecule has 0 aromatic carbocycles. The molecule has 1 unspecified atom stereocenters. The Bertz CT molecular complexity index is 654. The zero-order chi connectivity index (χ0) is 20.5. The van der Waals surface area contributed by atoms with Crippen molar-refractivity contribution in [3.63, 3.8) is 0 Å². The predicted molar refractivity (Wildman–Crippen MR) is 129 cm³/mol. The Morgan fingerprint density at radius 2 is 2.07 bits per heavy atom. The summed E-state index contributed by atoms with van der Waals surface area (Å²) in [6.45, 7) is 8.73. The Kier molecular flexibility index (Phi) is 10.8. The van der Waals surface area contributed by atoms with Crippen LogP contribution in [0.3, 0.4) is 0 Å².